The molecule has 16 heavy (non-hydrogen) atoms. The van der Waals surface area contributed by atoms with Crippen molar-refractivity contribution in [1.29, 1.82) is 0 Å². The fourth-order valence-corrected chi connectivity index (χ4v) is 1.84. The van der Waals surface area contributed by atoms with Gasteiger partial charge < -0.3 is 4.74 Å². The highest BCUT2D eigenvalue weighted by atomic mass is 35.5. The van der Waals surface area contributed by atoms with Crippen LogP contribution >= 0.6 is 11.6 Å². The van der Waals surface area contributed by atoms with Gasteiger partial charge in [-0.05, 0) is 12.8 Å². The lowest BCUT2D eigenvalue weighted by Crippen LogP contribution is -2.40. The van der Waals surface area contributed by atoms with Crippen LogP contribution in [0.3, 0.4) is 0 Å². The number of nitrogens with zero attached hydrogens (tertiary/aromatic N) is 1. The zero-order valence-corrected chi connectivity index (χ0v) is 9.09. The van der Waals surface area contributed by atoms with Gasteiger partial charge in [0.05, 0.1) is 12.6 Å². The fourth-order valence-electron chi connectivity index (χ4n) is 1.68. The molecule has 1 aliphatic heterocycles. The fraction of sp³-hybridized carbons (Fsp3) is 0.556. The van der Waals surface area contributed by atoms with Gasteiger partial charge in [0, 0.05) is 6.61 Å². The van der Waals surface area contributed by atoms with E-state index < -0.39 is 22.2 Å². The summed E-state index contributed by atoms with van der Waals surface area (Å²) in [6, 6.07) is 0. The Labute approximate surface area is 94.8 Å². The zero-order chi connectivity index (χ0) is 11.7. The molecule has 0 bridgehead atoms. The maximum absolute atomic E-state index is 13.2. The number of nitrogens with one attached hydrogen (secondary N) is 1. The van der Waals surface area contributed by atoms with Gasteiger partial charge in [0.15, 0.2) is 5.15 Å². The Hall–Kier alpha value is -1.14. The first kappa shape index (κ1) is 11.3. The van der Waals surface area contributed by atoms with E-state index in [-0.39, 0.29) is 12.6 Å². The normalized spacial score (nSPS) is 20.2. The first-order valence-corrected chi connectivity index (χ1v) is 5.27. The van der Waals surface area contributed by atoms with E-state index in [4.69, 9.17) is 16.3 Å². The van der Waals surface area contributed by atoms with Gasteiger partial charge in [0.2, 0.25) is 5.82 Å². The molecule has 0 amide bonds. The average Bonchev–Trinajstić information content (AvgIpc) is 2.74. The van der Waals surface area contributed by atoms with E-state index in [0.29, 0.717) is 6.61 Å². The summed E-state index contributed by atoms with van der Waals surface area (Å²) in [6.45, 7) is 0.662. The van der Waals surface area contributed by atoms with Gasteiger partial charge >= 0.3 is 5.69 Å². The molecule has 1 atom stereocenters. The molecule has 88 valence electrons. The molecule has 0 spiro atoms. The number of aromatic nitrogens is 2. The van der Waals surface area contributed by atoms with E-state index >= 15 is 0 Å². The van der Waals surface area contributed by atoms with E-state index in [1.165, 1.54) is 0 Å². The van der Waals surface area contributed by atoms with Gasteiger partial charge in [-0.2, -0.15) is 4.39 Å². The minimum Gasteiger partial charge on any atom is -0.376 e. The van der Waals surface area contributed by atoms with Crippen LogP contribution in [0.5, 0.6) is 0 Å². The average molecular weight is 249 g/mol. The molecule has 1 N–H and O–H groups in total. The highest BCUT2D eigenvalue weighted by molar-refractivity contribution is 6.29. The van der Waals surface area contributed by atoms with Gasteiger partial charge in [-0.3, -0.25) is 14.3 Å². The lowest BCUT2D eigenvalue weighted by Gasteiger charge is -2.10. The number of hydrogen-bond acceptors (Lipinski definition) is 3. The number of hydrogen-bond donors (Lipinski definition) is 1. The van der Waals surface area contributed by atoms with Crippen LogP contribution in [0, 0.1) is 5.82 Å². The van der Waals surface area contributed by atoms with Crippen LogP contribution in [0.15, 0.2) is 9.59 Å². The van der Waals surface area contributed by atoms with E-state index in [2.05, 4.69) is 4.98 Å². The summed E-state index contributed by atoms with van der Waals surface area (Å²) in [6.07, 6.45) is 1.43. The number of halogens is 2. The highest BCUT2D eigenvalue weighted by Crippen LogP contribution is 2.12. The zero-order valence-electron chi connectivity index (χ0n) is 8.33. The summed E-state index contributed by atoms with van der Waals surface area (Å²) in [5, 5.41) is -0.557. The third kappa shape index (κ3) is 2.03. The second kappa shape index (κ2) is 4.39. The van der Waals surface area contributed by atoms with Crippen molar-refractivity contribution < 1.29 is 9.13 Å². The van der Waals surface area contributed by atoms with Gasteiger partial charge in [-0.25, -0.2) is 4.79 Å². The SMILES string of the molecule is O=c1[nH]c(Cl)c(F)c(=O)n1CC1CCCO1. The molecule has 1 aromatic heterocycles. The Bertz CT molecular complexity index is 504. The van der Waals surface area contributed by atoms with Crippen molar-refractivity contribution in [2.45, 2.75) is 25.5 Å². The first-order chi connectivity index (χ1) is 7.59. The smallest absolute Gasteiger partial charge is 0.329 e. The summed E-state index contributed by atoms with van der Waals surface area (Å²) in [7, 11) is 0. The molecule has 0 aliphatic carbocycles. The van der Waals surface area contributed by atoms with Crippen LogP contribution in [-0.4, -0.2) is 22.3 Å². The molecule has 1 fully saturated rings. The molecular formula is C9H10ClFN2O3. The first-order valence-electron chi connectivity index (χ1n) is 4.89. The molecule has 0 aromatic carbocycles. The predicted octanol–water partition coefficient (Wildman–Crippen LogP) is 0.508. The van der Waals surface area contributed by atoms with Crippen molar-refractivity contribution in [2.75, 3.05) is 6.61 Å². The third-order valence-electron chi connectivity index (χ3n) is 2.50. The molecule has 1 aliphatic rings. The molecule has 2 rings (SSSR count). The van der Waals surface area contributed by atoms with E-state index in [1.54, 1.807) is 0 Å². The minimum absolute atomic E-state index is 0.0578. The van der Waals surface area contributed by atoms with E-state index in [1.807, 2.05) is 0 Å². The predicted molar refractivity (Wildman–Crippen MR) is 55.3 cm³/mol. The Morgan fingerprint density at radius 1 is 1.56 bits per heavy atom. The maximum Gasteiger partial charge on any atom is 0.329 e. The Morgan fingerprint density at radius 3 is 2.94 bits per heavy atom. The summed E-state index contributed by atoms with van der Waals surface area (Å²) in [5.41, 5.74) is -1.73. The molecule has 0 radical (unpaired) electrons. The van der Waals surface area contributed by atoms with Crippen LogP contribution in [0.25, 0.3) is 0 Å². The molecule has 2 heterocycles. The summed E-state index contributed by atoms with van der Waals surface area (Å²) >= 11 is 5.33. The Balaban J connectivity index is 2.37. The Kier molecular flexibility index (Phi) is 3.11. The monoisotopic (exact) mass is 248 g/mol. The van der Waals surface area contributed by atoms with Crippen molar-refractivity contribution >= 4 is 11.6 Å². The maximum atomic E-state index is 13.2. The second-order valence-electron chi connectivity index (χ2n) is 3.61. The summed E-state index contributed by atoms with van der Waals surface area (Å²) in [4.78, 5) is 24.9. The summed E-state index contributed by atoms with van der Waals surface area (Å²) < 4.78 is 19.2. The second-order valence-corrected chi connectivity index (χ2v) is 3.99. The van der Waals surface area contributed by atoms with Crippen LogP contribution in [0.1, 0.15) is 12.8 Å². The van der Waals surface area contributed by atoms with Crippen molar-refractivity contribution in [1.82, 2.24) is 9.55 Å². The van der Waals surface area contributed by atoms with Gasteiger partial charge in [0.25, 0.3) is 5.56 Å². The quantitative estimate of drug-likeness (QED) is 0.776. The molecule has 7 heteroatoms. The van der Waals surface area contributed by atoms with Crippen LogP contribution in [0.2, 0.25) is 5.15 Å². The highest BCUT2D eigenvalue weighted by Gasteiger charge is 2.20. The molecule has 1 unspecified atom stereocenters. The number of H-pyrrole nitrogens is 1. The van der Waals surface area contributed by atoms with E-state index in [9.17, 15) is 14.0 Å². The van der Waals surface area contributed by atoms with Crippen molar-refractivity contribution in [3.8, 4) is 0 Å². The third-order valence-corrected chi connectivity index (χ3v) is 2.76. The molecule has 1 aromatic rings. The Morgan fingerprint density at radius 2 is 2.31 bits per heavy atom. The van der Waals surface area contributed by atoms with Crippen molar-refractivity contribution in [3.05, 3.63) is 31.8 Å². The molecule has 1 saturated heterocycles. The van der Waals surface area contributed by atoms with Crippen molar-refractivity contribution in [2.24, 2.45) is 0 Å². The molecule has 5 nitrogen and oxygen atoms in total. The largest absolute Gasteiger partial charge is 0.376 e. The van der Waals surface area contributed by atoms with Gasteiger partial charge in [-0.15, -0.1) is 0 Å². The van der Waals surface area contributed by atoms with Crippen LogP contribution in [-0.2, 0) is 11.3 Å². The van der Waals surface area contributed by atoms with Crippen LogP contribution in [0.4, 0.5) is 4.39 Å². The van der Waals surface area contributed by atoms with E-state index in [0.717, 1.165) is 17.4 Å². The topological polar surface area (TPSA) is 64.1 Å². The lowest BCUT2D eigenvalue weighted by atomic mass is 10.2. The molecule has 0 saturated carbocycles. The van der Waals surface area contributed by atoms with Crippen molar-refractivity contribution in [3.63, 3.8) is 0 Å². The minimum atomic E-state index is -1.14. The van der Waals surface area contributed by atoms with Crippen LogP contribution < -0.4 is 11.2 Å². The number of rotatable bonds is 2. The number of ether oxygens (including phenoxy) is 1. The standard InChI is InChI=1S/C9H10ClFN2O3/c10-7-6(11)8(14)13(9(15)12-7)4-5-2-1-3-16-5/h5H,1-4H2,(H,12,15). The number of aromatic amines is 1. The molecular weight excluding hydrogens is 239 g/mol. The van der Waals surface area contributed by atoms with Gasteiger partial charge in [-0.1, -0.05) is 11.6 Å². The lowest BCUT2D eigenvalue weighted by molar-refractivity contribution is 0.0946. The van der Waals surface area contributed by atoms with Gasteiger partial charge in [0.1, 0.15) is 0 Å². The summed E-state index contributed by atoms with van der Waals surface area (Å²) in [5.74, 6) is -1.14.